The van der Waals surface area contributed by atoms with E-state index in [2.05, 4.69) is 15.6 Å². The number of ether oxygens (including phenoxy) is 3. The SMILES string of the molecule is COc1cc2nccc(Oc3ccc(NC(=O)NC(=O)c4ccccc4)cc3)c2cc1OC. The maximum absolute atomic E-state index is 12.1. The lowest BCUT2D eigenvalue weighted by Crippen LogP contribution is -2.34. The number of carbonyl (C=O) groups excluding carboxylic acids is 2. The average Bonchev–Trinajstić information content (AvgIpc) is 2.85. The number of rotatable bonds is 6. The molecule has 1 heterocycles. The molecule has 4 aromatic rings. The van der Waals surface area contributed by atoms with Crippen LogP contribution in [0.25, 0.3) is 10.9 Å². The Balaban J connectivity index is 1.45. The van der Waals surface area contributed by atoms with Gasteiger partial charge in [0.15, 0.2) is 11.5 Å². The summed E-state index contributed by atoms with van der Waals surface area (Å²) in [5, 5.41) is 5.67. The van der Waals surface area contributed by atoms with Crippen LogP contribution in [0.5, 0.6) is 23.0 Å². The Kier molecular flexibility index (Phi) is 6.36. The molecule has 0 fully saturated rings. The molecule has 0 saturated carbocycles. The Hall–Kier alpha value is -4.59. The normalized spacial score (nSPS) is 10.4. The van der Waals surface area contributed by atoms with Crippen molar-refractivity contribution in [2.45, 2.75) is 0 Å². The molecule has 8 nitrogen and oxygen atoms in total. The largest absolute Gasteiger partial charge is 0.493 e. The predicted molar refractivity (Wildman–Crippen MR) is 124 cm³/mol. The predicted octanol–water partition coefficient (Wildman–Crippen LogP) is 5.01. The molecule has 0 aliphatic rings. The summed E-state index contributed by atoms with van der Waals surface area (Å²) in [5.74, 6) is 1.81. The fourth-order valence-corrected chi connectivity index (χ4v) is 3.20. The summed E-state index contributed by atoms with van der Waals surface area (Å²) in [6.45, 7) is 0. The Labute approximate surface area is 190 Å². The van der Waals surface area contributed by atoms with Gasteiger partial charge in [0.2, 0.25) is 0 Å². The quantitative estimate of drug-likeness (QED) is 0.435. The van der Waals surface area contributed by atoms with E-state index >= 15 is 0 Å². The number of amides is 3. The molecule has 4 rings (SSSR count). The number of pyridine rings is 1. The van der Waals surface area contributed by atoms with E-state index in [1.165, 1.54) is 0 Å². The maximum atomic E-state index is 12.1. The second-order valence-electron chi connectivity index (χ2n) is 6.93. The number of nitrogens with zero attached hydrogens (tertiary/aromatic N) is 1. The van der Waals surface area contributed by atoms with Crippen LogP contribution in [0.3, 0.4) is 0 Å². The lowest BCUT2D eigenvalue weighted by molar-refractivity contribution is 0.0967. The number of urea groups is 1. The Morgan fingerprint density at radius 1 is 0.818 bits per heavy atom. The van der Waals surface area contributed by atoms with Crippen LogP contribution < -0.4 is 24.8 Å². The van der Waals surface area contributed by atoms with Crippen LogP contribution in [0.4, 0.5) is 10.5 Å². The molecule has 166 valence electrons. The van der Waals surface area contributed by atoms with Gasteiger partial charge in [0.1, 0.15) is 11.5 Å². The minimum Gasteiger partial charge on any atom is -0.493 e. The minimum absolute atomic E-state index is 0.398. The van der Waals surface area contributed by atoms with Gasteiger partial charge in [-0.1, -0.05) is 18.2 Å². The number of benzene rings is 3. The summed E-state index contributed by atoms with van der Waals surface area (Å²) in [5.41, 5.74) is 1.60. The summed E-state index contributed by atoms with van der Waals surface area (Å²) in [7, 11) is 3.13. The van der Waals surface area contributed by atoms with Crippen molar-refractivity contribution in [1.82, 2.24) is 10.3 Å². The number of methoxy groups -OCH3 is 2. The van der Waals surface area contributed by atoms with Gasteiger partial charge in [-0.2, -0.15) is 0 Å². The third-order valence-corrected chi connectivity index (χ3v) is 4.81. The third-order valence-electron chi connectivity index (χ3n) is 4.81. The Bertz CT molecular complexity index is 1290. The van der Waals surface area contributed by atoms with Crippen LogP contribution in [-0.2, 0) is 0 Å². The van der Waals surface area contributed by atoms with E-state index in [0.29, 0.717) is 39.8 Å². The van der Waals surface area contributed by atoms with Crippen LogP contribution in [0, 0.1) is 0 Å². The molecule has 8 heteroatoms. The number of hydrogen-bond acceptors (Lipinski definition) is 6. The zero-order chi connectivity index (χ0) is 23.2. The maximum Gasteiger partial charge on any atom is 0.326 e. The lowest BCUT2D eigenvalue weighted by atomic mass is 10.2. The topological polar surface area (TPSA) is 98.8 Å². The first-order chi connectivity index (χ1) is 16.1. The van der Waals surface area contributed by atoms with Gasteiger partial charge in [-0.15, -0.1) is 0 Å². The molecule has 0 aliphatic heterocycles. The molecule has 0 atom stereocenters. The van der Waals surface area contributed by atoms with Crippen LogP contribution in [0.2, 0.25) is 0 Å². The monoisotopic (exact) mass is 443 g/mol. The van der Waals surface area contributed by atoms with Gasteiger partial charge in [-0.25, -0.2) is 4.79 Å². The number of hydrogen-bond donors (Lipinski definition) is 2. The number of anilines is 1. The van der Waals surface area contributed by atoms with E-state index in [4.69, 9.17) is 14.2 Å². The molecule has 3 amide bonds. The molecule has 3 aromatic carbocycles. The van der Waals surface area contributed by atoms with Crippen molar-refractivity contribution in [1.29, 1.82) is 0 Å². The van der Waals surface area contributed by atoms with Gasteiger partial charge < -0.3 is 19.5 Å². The van der Waals surface area contributed by atoms with Crippen molar-refractivity contribution in [2.75, 3.05) is 19.5 Å². The molecular formula is C25H21N3O5. The van der Waals surface area contributed by atoms with Crippen LogP contribution in [-0.4, -0.2) is 31.1 Å². The second-order valence-corrected chi connectivity index (χ2v) is 6.93. The molecule has 2 N–H and O–H groups in total. The van der Waals surface area contributed by atoms with Crippen molar-refractivity contribution in [3.63, 3.8) is 0 Å². The molecule has 0 aliphatic carbocycles. The zero-order valence-corrected chi connectivity index (χ0v) is 18.0. The van der Waals surface area contributed by atoms with Crippen molar-refractivity contribution in [3.05, 3.63) is 84.6 Å². The smallest absolute Gasteiger partial charge is 0.326 e. The van der Waals surface area contributed by atoms with E-state index in [1.807, 2.05) is 0 Å². The van der Waals surface area contributed by atoms with Crippen molar-refractivity contribution in [3.8, 4) is 23.0 Å². The van der Waals surface area contributed by atoms with Gasteiger partial charge in [0, 0.05) is 28.9 Å². The number of nitrogens with one attached hydrogen (secondary N) is 2. The number of aromatic nitrogens is 1. The van der Waals surface area contributed by atoms with Gasteiger partial charge in [-0.3, -0.25) is 15.1 Å². The van der Waals surface area contributed by atoms with E-state index in [1.54, 1.807) is 93.2 Å². The van der Waals surface area contributed by atoms with Crippen LogP contribution in [0.1, 0.15) is 10.4 Å². The molecular weight excluding hydrogens is 422 g/mol. The standard InChI is InChI=1S/C25H21N3O5/c1-31-22-14-19-20(15-23(22)32-2)26-13-12-21(19)33-18-10-8-17(9-11-18)27-25(30)28-24(29)16-6-4-3-5-7-16/h3-15H,1-2H3,(H2,27,28,29,30). The highest BCUT2D eigenvalue weighted by Crippen LogP contribution is 2.36. The summed E-state index contributed by atoms with van der Waals surface area (Å²) in [6, 6.07) is 20.0. The Morgan fingerprint density at radius 2 is 1.52 bits per heavy atom. The number of carbonyl (C=O) groups is 2. The highest BCUT2D eigenvalue weighted by atomic mass is 16.5. The van der Waals surface area contributed by atoms with E-state index in [-0.39, 0.29) is 0 Å². The highest BCUT2D eigenvalue weighted by Gasteiger charge is 2.12. The van der Waals surface area contributed by atoms with Gasteiger partial charge >= 0.3 is 6.03 Å². The summed E-state index contributed by atoms with van der Waals surface area (Å²) >= 11 is 0. The second kappa shape index (κ2) is 9.69. The number of imide groups is 1. The lowest BCUT2D eigenvalue weighted by Gasteiger charge is -2.13. The van der Waals surface area contributed by atoms with Crippen LogP contribution in [0.15, 0.2) is 79.0 Å². The minimum atomic E-state index is -0.626. The molecule has 1 aromatic heterocycles. The molecule has 0 bridgehead atoms. The zero-order valence-electron chi connectivity index (χ0n) is 18.0. The van der Waals surface area contributed by atoms with Gasteiger partial charge in [0.25, 0.3) is 5.91 Å². The first kappa shape index (κ1) is 21.6. The summed E-state index contributed by atoms with van der Waals surface area (Å²) < 4.78 is 16.7. The molecule has 0 spiro atoms. The van der Waals surface area contributed by atoms with Crippen molar-refractivity contribution < 1.29 is 23.8 Å². The van der Waals surface area contributed by atoms with E-state index in [9.17, 15) is 9.59 Å². The highest BCUT2D eigenvalue weighted by molar-refractivity contribution is 6.07. The first-order valence-electron chi connectivity index (χ1n) is 10.0. The van der Waals surface area contributed by atoms with E-state index in [0.717, 1.165) is 5.39 Å². The fraction of sp³-hybridized carbons (Fsp3) is 0.0800. The van der Waals surface area contributed by atoms with Gasteiger partial charge in [0.05, 0.1) is 19.7 Å². The molecule has 0 radical (unpaired) electrons. The van der Waals surface area contributed by atoms with Crippen LogP contribution >= 0.6 is 0 Å². The van der Waals surface area contributed by atoms with Crippen molar-refractivity contribution >= 4 is 28.5 Å². The van der Waals surface area contributed by atoms with Gasteiger partial charge in [-0.05, 0) is 48.5 Å². The third kappa shape index (κ3) is 5.01. The molecule has 0 unspecified atom stereocenters. The molecule has 0 saturated heterocycles. The fourth-order valence-electron chi connectivity index (χ4n) is 3.20. The number of fused-ring (bicyclic) bond motifs is 1. The Morgan fingerprint density at radius 3 is 2.21 bits per heavy atom. The average molecular weight is 443 g/mol. The first-order valence-corrected chi connectivity index (χ1v) is 10.0. The molecule has 33 heavy (non-hydrogen) atoms. The van der Waals surface area contributed by atoms with Crippen molar-refractivity contribution in [2.24, 2.45) is 0 Å². The van der Waals surface area contributed by atoms with E-state index < -0.39 is 11.9 Å². The summed E-state index contributed by atoms with van der Waals surface area (Å²) in [6.07, 6.45) is 1.65. The summed E-state index contributed by atoms with van der Waals surface area (Å²) in [4.78, 5) is 28.6.